The van der Waals surface area contributed by atoms with Gasteiger partial charge in [-0.2, -0.15) is 0 Å². The van der Waals surface area contributed by atoms with Gasteiger partial charge in [0, 0.05) is 23.2 Å². The number of anilines is 1. The first-order valence-corrected chi connectivity index (χ1v) is 4.27. The van der Waals surface area contributed by atoms with Crippen molar-refractivity contribution in [3.8, 4) is 0 Å². The topological polar surface area (TPSA) is 30.9 Å². The van der Waals surface area contributed by atoms with Crippen molar-refractivity contribution in [2.24, 2.45) is 0 Å². The van der Waals surface area contributed by atoms with Crippen molar-refractivity contribution in [3.05, 3.63) is 29.0 Å². The standard InChI is InChI=1S/C10H8N2/c11-6-1-5-4-12-9-3-7(9)8(2-6)10(5)12/h1-2H,3-4,11H2. The summed E-state index contributed by atoms with van der Waals surface area (Å²) in [6, 6.07) is 4.21. The minimum atomic E-state index is 0.920. The Labute approximate surface area is 69.6 Å². The van der Waals surface area contributed by atoms with Crippen molar-refractivity contribution in [1.82, 2.24) is 4.57 Å². The van der Waals surface area contributed by atoms with E-state index >= 15 is 0 Å². The highest BCUT2D eigenvalue weighted by Gasteiger charge is 2.33. The van der Waals surface area contributed by atoms with E-state index in [1.165, 1.54) is 28.5 Å². The van der Waals surface area contributed by atoms with Gasteiger partial charge in [0.1, 0.15) is 0 Å². The van der Waals surface area contributed by atoms with Gasteiger partial charge in [-0.25, -0.2) is 0 Å². The zero-order valence-electron chi connectivity index (χ0n) is 6.59. The molecule has 1 aliphatic carbocycles. The molecule has 0 saturated heterocycles. The van der Waals surface area contributed by atoms with Gasteiger partial charge < -0.3 is 10.3 Å². The Morgan fingerprint density at radius 2 is 2.25 bits per heavy atom. The molecule has 0 radical (unpaired) electrons. The van der Waals surface area contributed by atoms with E-state index in [2.05, 4.69) is 16.7 Å². The molecule has 2 aliphatic rings. The lowest BCUT2D eigenvalue weighted by Crippen LogP contribution is -2.12. The highest BCUT2D eigenvalue weighted by atomic mass is 15.1. The molecule has 2 heterocycles. The molecule has 4 rings (SSSR count). The summed E-state index contributed by atoms with van der Waals surface area (Å²) in [5, 5.41) is 1.41. The Balaban J connectivity index is 2.36. The summed E-state index contributed by atoms with van der Waals surface area (Å²) >= 11 is 0. The van der Waals surface area contributed by atoms with E-state index in [9.17, 15) is 0 Å². The van der Waals surface area contributed by atoms with Crippen molar-refractivity contribution in [2.75, 3.05) is 5.73 Å². The molecule has 0 unspecified atom stereocenters. The lowest BCUT2D eigenvalue weighted by molar-refractivity contribution is 0.761. The van der Waals surface area contributed by atoms with Gasteiger partial charge in [0.05, 0.1) is 12.1 Å². The Morgan fingerprint density at radius 1 is 1.33 bits per heavy atom. The second-order valence-electron chi connectivity index (χ2n) is 3.76. The number of nitrogen functional groups attached to an aromatic ring is 1. The molecule has 1 aromatic heterocycles. The first-order valence-electron chi connectivity index (χ1n) is 4.27. The Morgan fingerprint density at radius 3 is 3.17 bits per heavy atom. The smallest absolute Gasteiger partial charge is 0.0541 e. The molecule has 2 N–H and O–H groups in total. The molecule has 0 amide bonds. The number of benzene rings is 1. The molecule has 2 nitrogen and oxygen atoms in total. The first-order chi connectivity index (χ1) is 5.84. The monoisotopic (exact) mass is 156 g/mol. The third-order valence-corrected chi connectivity index (χ3v) is 3.03. The lowest BCUT2D eigenvalue weighted by atomic mass is 10.0. The molecule has 2 heteroatoms. The summed E-state index contributed by atoms with van der Waals surface area (Å²) in [5.74, 6) is 0. The maximum Gasteiger partial charge on any atom is 0.0541 e. The zero-order chi connectivity index (χ0) is 7.87. The van der Waals surface area contributed by atoms with E-state index in [1.54, 1.807) is 5.69 Å². The van der Waals surface area contributed by atoms with Gasteiger partial charge in [0.2, 0.25) is 0 Å². The number of aromatic nitrogens is 1. The molecule has 58 valence electrons. The number of fused-ring (bicyclic) bond motifs is 3. The molecule has 0 saturated carbocycles. The lowest BCUT2D eigenvalue weighted by Gasteiger charge is -2.20. The highest BCUT2D eigenvalue weighted by Crippen LogP contribution is 2.45. The van der Waals surface area contributed by atoms with Crippen LogP contribution in [0.4, 0.5) is 5.69 Å². The Hall–Kier alpha value is -1.44. The van der Waals surface area contributed by atoms with Crippen LogP contribution in [0.15, 0.2) is 12.1 Å². The summed E-state index contributed by atoms with van der Waals surface area (Å²) in [6.07, 6.45) is 1.20. The predicted octanol–water partition coefficient (Wildman–Crippen LogP) is 1.49. The van der Waals surface area contributed by atoms with Gasteiger partial charge >= 0.3 is 0 Å². The second-order valence-corrected chi connectivity index (χ2v) is 3.76. The van der Waals surface area contributed by atoms with Crippen LogP contribution in [0.5, 0.6) is 0 Å². The van der Waals surface area contributed by atoms with Crippen molar-refractivity contribution < 1.29 is 0 Å². The van der Waals surface area contributed by atoms with Crippen LogP contribution in [0, 0.1) is 0 Å². The zero-order valence-corrected chi connectivity index (χ0v) is 6.59. The van der Waals surface area contributed by atoms with E-state index in [-0.39, 0.29) is 0 Å². The summed E-state index contributed by atoms with van der Waals surface area (Å²) < 4.78 is 2.42. The average molecular weight is 156 g/mol. The molecular weight excluding hydrogens is 148 g/mol. The van der Waals surface area contributed by atoms with Crippen molar-refractivity contribution >= 4 is 16.6 Å². The minimum absolute atomic E-state index is 0.920. The number of nitrogens with two attached hydrogens (primary N) is 1. The quantitative estimate of drug-likeness (QED) is 0.384. The summed E-state index contributed by atoms with van der Waals surface area (Å²) in [7, 11) is 0. The Kier molecular flexibility index (Phi) is 0.552. The van der Waals surface area contributed by atoms with Crippen LogP contribution >= 0.6 is 0 Å². The fourth-order valence-electron chi connectivity index (χ4n) is 2.41. The van der Waals surface area contributed by atoms with Gasteiger partial charge in [-0.15, -0.1) is 0 Å². The number of rotatable bonds is 0. The van der Waals surface area contributed by atoms with Gasteiger partial charge in [-0.1, -0.05) is 0 Å². The van der Waals surface area contributed by atoms with Crippen LogP contribution in [0.1, 0.15) is 16.8 Å². The fourth-order valence-corrected chi connectivity index (χ4v) is 2.41. The van der Waals surface area contributed by atoms with E-state index in [4.69, 9.17) is 5.73 Å². The largest absolute Gasteiger partial charge is 0.399 e. The van der Waals surface area contributed by atoms with Crippen molar-refractivity contribution in [3.63, 3.8) is 0 Å². The fraction of sp³-hybridized carbons (Fsp3) is 0.200. The molecule has 2 aromatic rings. The summed E-state index contributed by atoms with van der Waals surface area (Å²) in [5.41, 5.74) is 12.7. The first kappa shape index (κ1) is 5.25. The predicted molar refractivity (Wildman–Crippen MR) is 48.3 cm³/mol. The van der Waals surface area contributed by atoms with Gasteiger partial charge in [0.25, 0.3) is 0 Å². The molecule has 1 aliphatic heterocycles. The Bertz CT molecular complexity index is 534. The third-order valence-electron chi connectivity index (χ3n) is 3.03. The van der Waals surface area contributed by atoms with Crippen LogP contribution in [0.2, 0.25) is 0 Å². The van der Waals surface area contributed by atoms with E-state index < -0.39 is 0 Å². The van der Waals surface area contributed by atoms with E-state index in [0.29, 0.717) is 0 Å². The normalized spacial score (nSPS) is 16.0. The maximum absolute atomic E-state index is 5.80. The molecule has 0 atom stereocenters. The molecule has 12 heavy (non-hydrogen) atoms. The van der Waals surface area contributed by atoms with Gasteiger partial charge in [-0.3, -0.25) is 0 Å². The van der Waals surface area contributed by atoms with Crippen LogP contribution in [0.3, 0.4) is 0 Å². The number of hydrogen-bond acceptors (Lipinski definition) is 1. The van der Waals surface area contributed by atoms with Crippen LogP contribution in [-0.2, 0) is 13.0 Å². The molecule has 0 bridgehead atoms. The highest BCUT2D eigenvalue weighted by molar-refractivity contribution is 5.97. The third kappa shape index (κ3) is 0.366. The van der Waals surface area contributed by atoms with Crippen molar-refractivity contribution in [1.29, 1.82) is 0 Å². The molecule has 1 aromatic carbocycles. The average Bonchev–Trinajstić information content (AvgIpc) is 2.69. The number of hydrogen-bond donors (Lipinski definition) is 1. The van der Waals surface area contributed by atoms with Crippen LogP contribution < -0.4 is 5.73 Å². The van der Waals surface area contributed by atoms with E-state index in [0.717, 1.165) is 12.2 Å². The minimum Gasteiger partial charge on any atom is -0.399 e. The maximum atomic E-state index is 5.80. The number of nitrogens with zero attached hydrogens (tertiary/aromatic N) is 1. The summed E-state index contributed by atoms with van der Waals surface area (Å²) in [6.45, 7) is 1.09. The second kappa shape index (κ2) is 1.26. The van der Waals surface area contributed by atoms with Gasteiger partial charge in [-0.05, 0) is 23.3 Å². The van der Waals surface area contributed by atoms with Gasteiger partial charge in [0.15, 0.2) is 0 Å². The van der Waals surface area contributed by atoms with E-state index in [1.807, 2.05) is 0 Å². The molecule has 0 fully saturated rings. The molecule has 0 spiro atoms. The summed E-state index contributed by atoms with van der Waals surface area (Å²) in [4.78, 5) is 0. The van der Waals surface area contributed by atoms with Crippen molar-refractivity contribution in [2.45, 2.75) is 13.0 Å². The SMILES string of the molecule is Nc1cc2c3c(c1)c1c(n3C2)C1. The molecular formula is C10H8N2. The van der Waals surface area contributed by atoms with Crippen LogP contribution in [0.25, 0.3) is 10.9 Å². The van der Waals surface area contributed by atoms with Crippen LogP contribution in [-0.4, -0.2) is 4.57 Å².